The van der Waals surface area contributed by atoms with E-state index in [0.29, 0.717) is 44.1 Å². The number of methoxy groups -OCH3 is 1. The molecule has 1 amide bonds. The van der Waals surface area contributed by atoms with E-state index in [2.05, 4.69) is 20.1 Å². The molecule has 30 heavy (non-hydrogen) atoms. The van der Waals surface area contributed by atoms with Crippen LogP contribution in [-0.4, -0.2) is 51.1 Å². The summed E-state index contributed by atoms with van der Waals surface area (Å²) < 4.78 is 10.6. The van der Waals surface area contributed by atoms with Gasteiger partial charge in [0.05, 0.1) is 18.4 Å². The second kappa shape index (κ2) is 9.02. The number of hydrogen-bond acceptors (Lipinski definition) is 7. The summed E-state index contributed by atoms with van der Waals surface area (Å²) >= 11 is 0. The van der Waals surface area contributed by atoms with Gasteiger partial charge in [-0.2, -0.15) is 4.98 Å². The molecule has 0 spiro atoms. The molecule has 0 unspecified atom stereocenters. The fourth-order valence-electron chi connectivity index (χ4n) is 3.86. The van der Waals surface area contributed by atoms with Crippen molar-refractivity contribution in [3.05, 3.63) is 53.9 Å². The highest BCUT2D eigenvalue weighted by atomic mass is 16.5. The van der Waals surface area contributed by atoms with Crippen LogP contribution in [0.2, 0.25) is 0 Å². The number of carbonyl (C=O) groups is 1. The van der Waals surface area contributed by atoms with Crippen LogP contribution in [-0.2, 0) is 17.6 Å². The molecule has 1 saturated heterocycles. The minimum Gasteiger partial charge on any atom is -0.496 e. The van der Waals surface area contributed by atoms with Crippen molar-refractivity contribution in [2.24, 2.45) is 0 Å². The number of carbonyl (C=O) groups excluding carboxylic acids is 1. The molecule has 0 saturated carbocycles. The third kappa shape index (κ3) is 4.17. The van der Waals surface area contributed by atoms with E-state index in [9.17, 15) is 4.79 Å². The lowest BCUT2D eigenvalue weighted by Crippen LogP contribution is -2.28. The first-order valence-electron chi connectivity index (χ1n) is 10.2. The summed E-state index contributed by atoms with van der Waals surface area (Å²) in [6.07, 6.45) is 5.89. The van der Waals surface area contributed by atoms with Crippen molar-refractivity contribution in [2.45, 2.75) is 38.5 Å². The Morgan fingerprint density at radius 2 is 2.20 bits per heavy atom. The van der Waals surface area contributed by atoms with E-state index in [-0.39, 0.29) is 11.8 Å². The molecule has 1 atom stereocenters. The zero-order chi connectivity index (χ0) is 20.9. The lowest BCUT2D eigenvalue weighted by molar-refractivity contribution is -0.130. The van der Waals surface area contributed by atoms with Crippen molar-refractivity contribution in [2.75, 3.05) is 20.2 Å². The summed E-state index contributed by atoms with van der Waals surface area (Å²) in [5.74, 6) is 2.18. The normalized spacial score (nSPS) is 16.1. The molecule has 0 N–H and O–H groups in total. The molecule has 0 bridgehead atoms. The van der Waals surface area contributed by atoms with E-state index in [4.69, 9.17) is 9.26 Å². The lowest BCUT2D eigenvalue weighted by Gasteiger charge is -2.17. The third-order valence-electron chi connectivity index (χ3n) is 5.48. The van der Waals surface area contributed by atoms with E-state index in [1.54, 1.807) is 13.3 Å². The number of benzene rings is 1. The van der Waals surface area contributed by atoms with Crippen LogP contribution in [0.1, 0.15) is 42.8 Å². The third-order valence-corrected chi connectivity index (χ3v) is 5.48. The van der Waals surface area contributed by atoms with Gasteiger partial charge < -0.3 is 14.2 Å². The Hall–Kier alpha value is -3.29. The van der Waals surface area contributed by atoms with Crippen molar-refractivity contribution < 1.29 is 14.1 Å². The van der Waals surface area contributed by atoms with Gasteiger partial charge >= 0.3 is 0 Å². The maximum absolute atomic E-state index is 12.8. The molecular weight excluding hydrogens is 382 g/mol. The molecule has 3 aromatic rings. The molecule has 8 heteroatoms. The SMILES string of the molecule is CCc1nc(-c2cncnc2[C@@H]2CCN(C(=O)CCc3ccccc3OC)C2)no1. The predicted molar refractivity (Wildman–Crippen MR) is 110 cm³/mol. The summed E-state index contributed by atoms with van der Waals surface area (Å²) in [7, 11) is 1.65. The summed E-state index contributed by atoms with van der Waals surface area (Å²) in [5.41, 5.74) is 2.69. The zero-order valence-electron chi connectivity index (χ0n) is 17.2. The molecular formula is C22H25N5O3. The number of amides is 1. The Kier molecular flexibility index (Phi) is 6.02. The highest BCUT2D eigenvalue weighted by Crippen LogP contribution is 2.32. The number of aromatic nitrogens is 4. The molecule has 1 aliphatic rings. The summed E-state index contributed by atoms with van der Waals surface area (Å²) in [4.78, 5) is 27.8. The maximum Gasteiger partial charge on any atom is 0.226 e. The van der Waals surface area contributed by atoms with Crippen LogP contribution in [0, 0.1) is 0 Å². The molecule has 156 valence electrons. The summed E-state index contributed by atoms with van der Waals surface area (Å²) in [6, 6.07) is 7.82. The first kappa shape index (κ1) is 20.0. The second-order valence-electron chi connectivity index (χ2n) is 7.32. The van der Waals surface area contributed by atoms with E-state index in [1.165, 1.54) is 6.33 Å². The summed E-state index contributed by atoms with van der Waals surface area (Å²) in [5, 5.41) is 4.06. The maximum atomic E-state index is 12.8. The van der Waals surface area contributed by atoms with Crippen LogP contribution in [0.15, 0.2) is 41.3 Å². The fraction of sp³-hybridized carbons (Fsp3) is 0.409. The van der Waals surface area contributed by atoms with Gasteiger partial charge in [0.15, 0.2) is 0 Å². The molecule has 0 aliphatic carbocycles. The fourth-order valence-corrected chi connectivity index (χ4v) is 3.86. The Morgan fingerprint density at radius 3 is 3.00 bits per heavy atom. The Bertz CT molecular complexity index is 1020. The minimum atomic E-state index is 0.127. The average molecular weight is 407 g/mol. The molecule has 8 nitrogen and oxygen atoms in total. The van der Waals surface area contributed by atoms with Crippen LogP contribution in [0.25, 0.3) is 11.4 Å². The van der Waals surface area contributed by atoms with Gasteiger partial charge in [0.2, 0.25) is 17.6 Å². The number of likely N-dealkylation sites (tertiary alicyclic amines) is 1. The molecule has 4 rings (SSSR count). The number of aryl methyl sites for hydroxylation is 2. The smallest absolute Gasteiger partial charge is 0.226 e. The first-order chi connectivity index (χ1) is 14.7. The van der Waals surface area contributed by atoms with E-state index in [1.807, 2.05) is 36.1 Å². The van der Waals surface area contributed by atoms with E-state index >= 15 is 0 Å². The van der Waals surface area contributed by atoms with Crippen molar-refractivity contribution >= 4 is 5.91 Å². The van der Waals surface area contributed by atoms with Gasteiger partial charge in [-0.05, 0) is 24.5 Å². The Balaban J connectivity index is 1.43. The highest BCUT2D eigenvalue weighted by molar-refractivity contribution is 5.77. The second-order valence-corrected chi connectivity index (χ2v) is 7.32. The molecule has 1 aromatic carbocycles. The topological polar surface area (TPSA) is 94.2 Å². The number of rotatable bonds is 7. The predicted octanol–water partition coefficient (Wildman–Crippen LogP) is 3.05. The number of para-hydroxylation sites is 1. The van der Waals surface area contributed by atoms with Crippen LogP contribution >= 0.6 is 0 Å². The molecule has 1 fully saturated rings. The largest absolute Gasteiger partial charge is 0.496 e. The van der Waals surface area contributed by atoms with Gasteiger partial charge in [-0.15, -0.1) is 0 Å². The summed E-state index contributed by atoms with van der Waals surface area (Å²) in [6.45, 7) is 3.31. The molecule has 3 heterocycles. The average Bonchev–Trinajstić information content (AvgIpc) is 3.47. The first-order valence-corrected chi connectivity index (χ1v) is 10.2. The van der Waals surface area contributed by atoms with Crippen molar-refractivity contribution in [3.8, 4) is 17.1 Å². The standard InChI is InChI=1S/C22H25N5O3/c1-3-19-25-22(26-30-19)17-12-23-14-24-21(17)16-10-11-27(13-16)20(28)9-8-15-6-4-5-7-18(15)29-2/h4-7,12,14,16H,3,8-11,13H2,1-2H3/t16-/m1/s1. The van der Waals surface area contributed by atoms with Crippen LogP contribution < -0.4 is 4.74 Å². The van der Waals surface area contributed by atoms with Gasteiger partial charge in [-0.3, -0.25) is 4.79 Å². The Morgan fingerprint density at radius 1 is 1.33 bits per heavy atom. The van der Waals surface area contributed by atoms with Crippen LogP contribution in [0.5, 0.6) is 5.75 Å². The van der Waals surface area contributed by atoms with Crippen molar-refractivity contribution in [3.63, 3.8) is 0 Å². The number of ether oxygens (including phenoxy) is 1. The van der Waals surface area contributed by atoms with Gasteiger partial charge in [0, 0.05) is 38.0 Å². The van der Waals surface area contributed by atoms with Gasteiger partial charge in [0.25, 0.3) is 0 Å². The van der Waals surface area contributed by atoms with Gasteiger partial charge in [-0.1, -0.05) is 30.3 Å². The molecule has 0 radical (unpaired) electrons. The van der Waals surface area contributed by atoms with Crippen LogP contribution in [0.4, 0.5) is 0 Å². The number of hydrogen-bond donors (Lipinski definition) is 0. The van der Waals surface area contributed by atoms with Crippen LogP contribution in [0.3, 0.4) is 0 Å². The van der Waals surface area contributed by atoms with Gasteiger partial charge in [-0.25, -0.2) is 9.97 Å². The monoisotopic (exact) mass is 407 g/mol. The highest BCUT2D eigenvalue weighted by Gasteiger charge is 2.30. The van der Waals surface area contributed by atoms with E-state index < -0.39 is 0 Å². The van der Waals surface area contributed by atoms with Crippen molar-refractivity contribution in [1.82, 2.24) is 25.0 Å². The lowest BCUT2D eigenvalue weighted by atomic mass is 10.00. The molecule has 2 aromatic heterocycles. The Labute approximate surface area is 175 Å². The molecule has 1 aliphatic heterocycles. The zero-order valence-corrected chi connectivity index (χ0v) is 17.2. The quantitative estimate of drug-likeness (QED) is 0.594. The van der Waals surface area contributed by atoms with Gasteiger partial charge in [0.1, 0.15) is 12.1 Å². The van der Waals surface area contributed by atoms with E-state index in [0.717, 1.165) is 29.0 Å². The van der Waals surface area contributed by atoms with Crippen molar-refractivity contribution in [1.29, 1.82) is 0 Å². The minimum absolute atomic E-state index is 0.127. The number of nitrogens with zero attached hydrogens (tertiary/aromatic N) is 5.